The Hall–Kier alpha value is -9.56. The number of nitrogens with two attached hydrogens (primary N) is 1. The van der Waals surface area contributed by atoms with Crippen LogP contribution in [0.5, 0.6) is 0 Å². The second-order valence-electron chi connectivity index (χ2n) is 28.1. The van der Waals surface area contributed by atoms with Gasteiger partial charge in [0.05, 0.1) is 22.4 Å². The third kappa shape index (κ3) is 17.2. The topological polar surface area (TPSA) is 350 Å². The number of aromatic carboxylic acids is 1. The quantitative estimate of drug-likeness (QED) is 0.0113. The van der Waals surface area contributed by atoms with Gasteiger partial charge in [-0.15, -0.1) is 0 Å². The minimum Gasteiger partial charge on any atom is -0.476 e. The summed E-state index contributed by atoms with van der Waals surface area (Å²) < 4.78 is 13.6. The maximum Gasteiger partial charge on any atom is 0.409 e. The molecule has 4 bridgehead atoms. The van der Waals surface area contributed by atoms with Gasteiger partial charge in [0.15, 0.2) is 10.8 Å². The Kier molecular flexibility index (Phi) is 22.1. The number of unbranched alkanes of at least 4 members (excludes halogenated alkanes) is 2. The molecule has 6 aliphatic rings. The number of carboxylic acids is 1. The number of aromatic nitrogens is 2. The van der Waals surface area contributed by atoms with Crippen molar-refractivity contribution >= 4 is 104 Å². The van der Waals surface area contributed by atoms with Gasteiger partial charge in [0, 0.05) is 99.2 Å². The number of benzene rings is 3. The zero-order chi connectivity index (χ0) is 70.1. The Bertz CT molecular complexity index is 3890. The molecule has 25 nitrogen and oxygen atoms in total. The minimum atomic E-state index is -1.22. The van der Waals surface area contributed by atoms with Gasteiger partial charge in [0.25, 0.3) is 17.7 Å². The van der Waals surface area contributed by atoms with Crippen molar-refractivity contribution in [1.29, 1.82) is 5.41 Å². The van der Waals surface area contributed by atoms with E-state index >= 15 is 0 Å². The number of hydrogen-bond acceptors (Lipinski definition) is 17. The van der Waals surface area contributed by atoms with E-state index in [1.165, 1.54) is 34.6 Å². The maximum absolute atomic E-state index is 13.8. The van der Waals surface area contributed by atoms with Crippen LogP contribution in [-0.2, 0) is 53.0 Å². The molecule has 4 saturated carbocycles. The van der Waals surface area contributed by atoms with Gasteiger partial charge in [-0.25, -0.2) is 24.4 Å². The van der Waals surface area contributed by atoms with Crippen LogP contribution in [0.4, 0.5) is 26.2 Å². The predicted octanol–water partition coefficient (Wildman–Crippen LogP) is 9.08. The summed E-state index contributed by atoms with van der Waals surface area (Å²) in [5, 5.41) is 37.4. The van der Waals surface area contributed by atoms with Crippen LogP contribution in [0.25, 0.3) is 15.8 Å². The van der Waals surface area contributed by atoms with Gasteiger partial charge < -0.3 is 62.1 Å². The molecular formula is C72H89N13O12S. The van der Waals surface area contributed by atoms with Crippen LogP contribution in [0.2, 0.25) is 0 Å². The van der Waals surface area contributed by atoms with Gasteiger partial charge in [0.1, 0.15) is 24.5 Å². The number of imide groups is 1. The van der Waals surface area contributed by atoms with Crippen molar-refractivity contribution in [2.75, 3.05) is 61.9 Å². The van der Waals surface area contributed by atoms with E-state index < -0.39 is 47.6 Å². The molecule has 4 heterocycles. The average Bonchev–Trinajstić information content (AvgIpc) is 0.787. The molecule has 2 aliphatic heterocycles. The minimum absolute atomic E-state index is 0.00630. The van der Waals surface area contributed by atoms with Gasteiger partial charge in [-0.1, -0.05) is 81.9 Å². The highest BCUT2D eigenvalue weighted by Crippen LogP contribution is 2.71. The summed E-state index contributed by atoms with van der Waals surface area (Å²) in [5.74, 6) is -3.59. The number of carbonyl (C=O) groups excluding carboxylic acids is 8. The van der Waals surface area contributed by atoms with E-state index in [0.717, 1.165) is 64.8 Å². The summed E-state index contributed by atoms with van der Waals surface area (Å²) in [4.78, 5) is 130. The maximum atomic E-state index is 13.8. The van der Waals surface area contributed by atoms with E-state index in [9.17, 15) is 48.3 Å². The number of nitrogens with one attached hydrogen (secondary N) is 7. The number of urea groups is 1. The number of carboxylic acid groups (broad SMARTS) is 1. The molecule has 0 radical (unpaired) electrons. The van der Waals surface area contributed by atoms with Gasteiger partial charge in [-0.3, -0.25) is 39.0 Å². The molecule has 4 aliphatic carbocycles. The summed E-state index contributed by atoms with van der Waals surface area (Å²) >= 11 is 1.40. The zero-order valence-electron chi connectivity index (χ0n) is 56.5. The molecule has 520 valence electrons. The van der Waals surface area contributed by atoms with Crippen LogP contribution < -0.4 is 42.5 Å². The average molecular weight is 1360 g/mol. The van der Waals surface area contributed by atoms with Crippen LogP contribution in [0.15, 0.2) is 96.7 Å². The highest BCUT2D eigenvalue weighted by molar-refractivity contribution is 7.22. The summed E-state index contributed by atoms with van der Waals surface area (Å²) in [6, 6.07) is 20.8. The number of allylic oxidation sites excluding steroid dienone is 2. The number of nitrogens with zero attached hydrogens (tertiary/aromatic N) is 5. The Morgan fingerprint density at radius 1 is 0.816 bits per heavy atom. The van der Waals surface area contributed by atoms with Crippen molar-refractivity contribution in [1.82, 2.24) is 41.0 Å². The number of amides is 9. The van der Waals surface area contributed by atoms with Gasteiger partial charge in [0.2, 0.25) is 17.7 Å². The number of carbonyl (C=O) groups is 9. The molecule has 2 unspecified atom stereocenters. The van der Waals surface area contributed by atoms with Crippen molar-refractivity contribution < 1.29 is 57.7 Å². The van der Waals surface area contributed by atoms with Gasteiger partial charge in [-0.05, 0) is 159 Å². The molecule has 0 spiro atoms. The van der Waals surface area contributed by atoms with E-state index in [1.807, 2.05) is 48.2 Å². The molecular weight excluding hydrogens is 1270 g/mol. The van der Waals surface area contributed by atoms with Crippen LogP contribution in [0, 0.1) is 27.6 Å². The molecule has 3 aromatic carbocycles. The van der Waals surface area contributed by atoms with E-state index in [1.54, 1.807) is 63.4 Å². The molecule has 26 heteroatoms. The van der Waals surface area contributed by atoms with Crippen LogP contribution in [0.1, 0.15) is 155 Å². The molecule has 10 N–H and O–H groups in total. The molecule has 4 fully saturated rings. The first kappa shape index (κ1) is 71.2. The number of thiazole rings is 1. The van der Waals surface area contributed by atoms with Crippen molar-refractivity contribution in [3.63, 3.8) is 0 Å². The number of hydrogen-bond donors (Lipinski definition) is 9. The lowest BCUT2D eigenvalue weighted by Gasteiger charge is -2.69. The number of rotatable bonds is 31. The third-order valence-electron chi connectivity index (χ3n) is 19.4. The van der Waals surface area contributed by atoms with Crippen LogP contribution >= 0.6 is 11.3 Å². The summed E-state index contributed by atoms with van der Waals surface area (Å²) in [6.07, 6.45) is 11.3. The summed E-state index contributed by atoms with van der Waals surface area (Å²) in [6.45, 7) is 12.5. The van der Waals surface area contributed by atoms with Crippen LogP contribution in [0.3, 0.4) is 0 Å². The lowest BCUT2D eigenvalue weighted by molar-refractivity contribution is -0.243. The van der Waals surface area contributed by atoms with E-state index in [0.29, 0.717) is 89.9 Å². The first-order chi connectivity index (χ1) is 46.7. The number of primary amides is 1. The molecule has 2 aromatic heterocycles. The van der Waals surface area contributed by atoms with Gasteiger partial charge >= 0.3 is 18.1 Å². The Labute approximate surface area is 574 Å². The van der Waals surface area contributed by atoms with Gasteiger partial charge in [-0.2, -0.15) is 0 Å². The standard InChI is InChI=1S/C72H89N13O12S/c1-44(2)60(81-57(86)19-8-7-11-30-85-58(87)26-27-59(85)88)64(91)78-54(17-13-29-75-66(74)94)63(90)77-48-22-20-46(21-23-48)36-96-68(95)83(6)32-33-97-72-40-69(4)37-70(5,41-72)39-71(38-69,42-72)43-76-45(3)51(34-73)49-24-25-56(80-61(49)65(92)93)84-31-28-47-14-12-15-50(52(47)35-84)62(89)82-67-79-53-16-9-10-18-55(53)98-67/h9-10,12,14-16,18,20-27,34,44,54,60,73,76H,7-8,11,13,17,19,28-33,35-43H2,1-6H3,(H,77,90)(H,78,91)(H,81,86)(H,92,93)(H3,74,75,94)(H,79,82,89)/b51-45+,73-34?/t54-,60-,69?,70?,71?,72?/m0/s1. The molecule has 11 rings (SSSR count). The largest absolute Gasteiger partial charge is 0.476 e. The SMILES string of the molecule is C/C(NCC12CC3(C)CC(C)(C1)CC(OCCN(C)C(=O)OCc1ccc(NC(=O)[C@H](CCCNC(N)=O)NC(=O)[C@@H](NC(=O)CCCCCN4C(=O)C=CC4=O)C(C)C)cc1)(C3)C2)=C(/C=N)c1ccc(N2CCc3cccc(C(=O)Nc4nc5ccccc5s4)c3C2)nc1C(=O)O. The number of fused-ring (bicyclic) bond motifs is 2. The fraction of sp³-hybridized carbons (Fsp3) is 0.472. The molecule has 4 atom stereocenters. The van der Waals surface area contributed by atoms with E-state index in [2.05, 4.69) is 50.7 Å². The van der Waals surface area contributed by atoms with E-state index in [4.69, 9.17) is 25.6 Å². The fourth-order valence-corrected chi connectivity index (χ4v) is 16.8. The smallest absolute Gasteiger partial charge is 0.409 e. The fourth-order valence-electron chi connectivity index (χ4n) is 15.9. The number of anilines is 3. The second kappa shape index (κ2) is 30.5. The monoisotopic (exact) mass is 1360 g/mol. The number of ether oxygens (including phenoxy) is 2. The lowest BCUT2D eigenvalue weighted by atomic mass is 9.39. The van der Waals surface area contributed by atoms with Crippen molar-refractivity contribution in [3.8, 4) is 0 Å². The lowest BCUT2D eigenvalue weighted by Crippen LogP contribution is -2.65. The molecule has 5 aromatic rings. The molecule has 9 amide bonds. The number of likely N-dealkylation sites (N-methyl/N-ethyl adjacent to an activating group) is 1. The summed E-state index contributed by atoms with van der Waals surface area (Å²) in [5.41, 5.74) is 10.1. The van der Waals surface area contributed by atoms with Crippen LogP contribution in [-0.4, -0.2) is 149 Å². The highest BCUT2D eigenvalue weighted by Gasteiger charge is 2.66. The number of pyridine rings is 1. The van der Waals surface area contributed by atoms with Crippen molar-refractivity contribution in [3.05, 3.63) is 130 Å². The second-order valence-corrected chi connectivity index (χ2v) is 29.1. The highest BCUT2D eigenvalue weighted by atomic mass is 32.1. The Balaban J connectivity index is 0.704. The van der Waals surface area contributed by atoms with Crippen molar-refractivity contribution in [2.45, 2.75) is 149 Å². The number of para-hydroxylation sites is 1. The zero-order valence-corrected chi connectivity index (χ0v) is 57.3. The first-order valence-corrected chi connectivity index (χ1v) is 34.4. The third-order valence-corrected chi connectivity index (χ3v) is 20.4. The predicted molar refractivity (Wildman–Crippen MR) is 372 cm³/mol. The summed E-state index contributed by atoms with van der Waals surface area (Å²) in [7, 11) is 1.66. The van der Waals surface area contributed by atoms with Crippen molar-refractivity contribution in [2.24, 2.45) is 27.9 Å². The first-order valence-electron chi connectivity index (χ1n) is 33.6. The molecule has 98 heavy (non-hydrogen) atoms. The van der Waals surface area contributed by atoms with E-state index in [-0.39, 0.29) is 104 Å². The molecule has 0 saturated heterocycles. The Morgan fingerprint density at radius 2 is 1.55 bits per heavy atom. The normalized spacial score (nSPS) is 21.4. The Morgan fingerprint density at radius 3 is 2.24 bits per heavy atom.